The lowest BCUT2D eigenvalue weighted by atomic mass is 9.90. The van der Waals surface area contributed by atoms with E-state index >= 15 is 0 Å². The molecule has 7 atom stereocenters. The van der Waals surface area contributed by atoms with Crippen LogP contribution in [0.1, 0.15) is 79.1 Å². The van der Waals surface area contributed by atoms with Crippen molar-refractivity contribution in [3.8, 4) is 11.6 Å². The number of sulfonamides is 1. The van der Waals surface area contributed by atoms with Gasteiger partial charge in [0.25, 0.3) is 6.43 Å². The first-order valence-corrected chi connectivity index (χ1v) is 20.8. The maximum absolute atomic E-state index is 14.7. The van der Waals surface area contributed by atoms with Crippen molar-refractivity contribution in [2.75, 3.05) is 20.3 Å². The first kappa shape index (κ1) is 43.3. The molecule has 2 amide bonds. The summed E-state index contributed by atoms with van der Waals surface area (Å²) in [5.41, 5.74) is -3.71. The summed E-state index contributed by atoms with van der Waals surface area (Å²) >= 11 is 0. The molecule has 6 rings (SSSR count). The van der Waals surface area contributed by atoms with Gasteiger partial charge in [-0.3, -0.25) is 23.9 Å². The van der Waals surface area contributed by atoms with E-state index in [-0.39, 0.29) is 49.2 Å². The zero-order valence-corrected chi connectivity index (χ0v) is 33.8. The van der Waals surface area contributed by atoms with E-state index in [0.29, 0.717) is 18.2 Å². The number of rotatable bonds is 11. The number of amides is 2. The first-order chi connectivity index (χ1) is 27.3. The molecule has 1 saturated heterocycles. The van der Waals surface area contributed by atoms with Crippen LogP contribution in [0.3, 0.4) is 0 Å². The predicted molar refractivity (Wildman–Crippen MR) is 201 cm³/mol. The maximum Gasteiger partial charge on any atom is 0.307 e. The van der Waals surface area contributed by atoms with Gasteiger partial charge in [-0.2, -0.15) is 0 Å². The van der Waals surface area contributed by atoms with E-state index in [1.165, 1.54) is 30.3 Å². The Bertz CT molecular complexity index is 2080. The molecule has 4 aliphatic rings. The van der Waals surface area contributed by atoms with E-state index in [2.05, 4.69) is 9.71 Å². The zero-order chi connectivity index (χ0) is 42.4. The van der Waals surface area contributed by atoms with E-state index in [9.17, 15) is 45.2 Å². The number of ketones is 1. The number of hydrogen-bond donors (Lipinski definition) is 1. The minimum atomic E-state index is -4.43. The number of esters is 1. The molecule has 3 fully saturated rings. The standard InChI is InChI=1S/C40H49F4N3O10S/c1-22-8-6-7-9-24-18-40(24,37(51)46-58(52,53)39(21-41)11-12-39)19-31(48)30-16-26(56-34-29-14-25(42)15-32(54-5)27(29)10-13-45-34)20-47(30)35(50)28(23(2)55-22)17-33(49)57-38(3,4)36(43)44/h7,9-10,13-15,22-24,26,28,30,36H,6,8,11-12,16-21H2,1-5H3,(H,46,51)/b9-7-/t22-,23+,24-,26-,28+,30+,40-/m1/s1. The number of halogens is 4. The smallest absolute Gasteiger partial charge is 0.307 e. The fourth-order valence-corrected chi connectivity index (χ4v) is 9.34. The Morgan fingerprint density at radius 3 is 2.53 bits per heavy atom. The Hall–Kier alpha value is -4.32. The predicted octanol–water partition coefficient (Wildman–Crippen LogP) is 5.38. The van der Waals surface area contributed by atoms with Crippen LogP contribution in [0.25, 0.3) is 10.8 Å². The monoisotopic (exact) mass is 839 g/mol. The van der Waals surface area contributed by atoms with Crippen LogP contribution in [0.2, 0.25) is 0 Å². The highest BCUT2D eigenvalue weighted by molar-refractivity contribution is 7.91. The Morgan fingerprint density at radius 1 is 1.16 bits per heavy atom. The number of Topliss-reactive ketones (excluding diaryl/α,β-unsaturated/α-hetero) is 1. The number of hydrogen-bond acceptors (Lipinski definition) is 11. The lowest BCUT2D eigenvalue weighted by Crippen LogP contribution is -2.49. The molecule has 0 bridgehead atoms. The molecular formula is C40H49F4N3O10S. The summed E-state index contributed by atoms with van der Waals surface area (Å²) in [5.74, 6) is -5.79. The Kier molecular flexibility index (Phi) is 12.2. The van der Waals surface area contributed by atoms with Crippen LogP contribution in [0.4, 0.5) is 17.6 Å². The molecule has 2 saturated carbocycles. The van der Waals surface area contributed by atoms with E-state index < -0.39 is 117 Å². The largest absolute Gasteiger partial charge is 0.496 e. The topological polar surface area (TPSA) is 168 Å². The molecule has 1 N–H and O–H groups in total. The average molecular weight is 840 g/mol. The third-order valence-corrected chi connectivity index (χ3v) is 13.9. The molecule has 2 aliphatic heterocycles. The van der Waals surface area contributed by atoms with Crippen molar-refractivity contribution in [2.24, 2.45) is 17.3 Å². The summed E-state index contributed by atoms with van der Waals surface area (Å²) in [7, 11) is -3.06. The quantitative estimate of drug-likeness (QED) is 0.175. The van der Waals surface area contributed by atoms with Crippen LogP contribution >= 0.6 is 0 Å². The molecule has 2 aliphatic carbocycles. The first-order valence-electron chi connectivity index (χ1n) is 19.3. The summed E-state index contributed by atoms with van der Waals surface area (Å²) < 4.78 is 106. The third-order valence-electron chi connectivity index (χ3n) is 11.8. The van der Waals surface area contributed by atoms with Crippen molar-refractivity contribution < 1.29 is 64.1 Å². The molecule has 58 heavy (non-hydrogen) atoms. The average Bonchev–Trinajstić information content (AvgIpc) is 4.06. The molecule has 1 aromatic heterocycles. The van der Waals surface area contributed by atoms with E-state index in [1.807, 2.05) is 0 Å². The third kappa shape index (κ3) is 8.68. The van der Waals surface area contributed by atoms with Crippen molar-refractivity contribution in [2.45, 2.75) is 120 Å². The van der Waals surface area contributed by atoms with Crippen LogP contribution in [0.15, 0.2) is 36.5 Å². The number of pyridine rings is 1. The molecule has 18 heteroatoms. The number of carbonyl (C=O) groups excluding carboxylic acids is 4. The van der Waals surface area contributed by atoms with Crippen LogP contribution < -0.4 is 14.2 Å². The summed E-state index contributed by atoms with van der Waals surface area (Å²) in [6, 6.07) is 2.68. The molecule has 1 aromatic carbocycles. The Labute approximate surface area is 334 Å². The Balaban J connectivity index is 1.36. The second-order valence-electron chi connectivity index (χ2n) is 16.5. The molecule has 3 heterocycles. The van der Waals surface area contributed by atoms with Crippen molar-refractivity contribution in [1.29, 1.82) is 0 Å². The van der Waals surface area contributed by atoms with Gasteiger partial charge in [0.15, 0.2) is 11.4 Å². The number of aromatic nitrogens is 1. The van der Waals surface area contributed by atoms with Gasteiger partial charge in [-0.15, -0.1) is 0 Å². The number of alkyl halides is 3. The molecule has 0 radical (unpaired) electrons. The normalized spacial score (nSPS) is 29.4. The van der Waals surface area contributed by atoms with Gasteiger partial charge in [0.05, 0.1) is 55.0 Å². The fraction of sp³-hybridized carbons (Fsp3) is 0.625. The van der Waals surface area contributed by atoms with Gasteiger partial charge < -0.3 is 23.8 Å². The molecule has 2 aromatic rings. The number of allylic oxidation sites excluding steroid dienone is 2. The Morgan fingerprint density at radius 2 is 1.88 bits per heavy atom. The number of nitrogens with zero attached hydrogens (tertiary/aromatic N) is 2. The second-order valence-corrected chi connectivity index (χ2v) is 18.6. The molecule has 0 unspecified atom stereocenters. The summed E-state index contributed by atoms with van der Waals surface area (Å²) in [6.45, 7) is 3.94. The number of nitrogens with one attached hydrogen (secondary N) is 1. The van der Waals surface area contributed by atoms with Gasteiger partial charge in [0, 0.05) is 30.5 Å². The maximum atomic E-state index is 14.7. The lowest BCUT2D eigenvalue weighted by Gasteiger charge is -2.33. The van der Waals surface area contributed by atoms with Crippen LogP contribution in [-0.4, -0.2) is 103 Å². The van der Waals surface area contributed by atoms with Gasteiger partial charge in [-0.05, 0) is 77.8 Å². The lowest BCUT2D eigenvalue weighted by molar-refractivity contribution is -0.176. The van der Waals surface area contributed by atoms with Gasteiger partial charge in [0.1, 0.15) is 29.1 Å². The van der Waals surface area contributed by atoms with E-state index in [1.54, 1.807) is 32.1 Å². The number of methoxy groups -OCH3 is 1. The van der Waals surface area contributed by atoms with Crippen LogP contribution in [0, 0.1) is 23.1 Å². The summed E-state index contributed by atoms with van der Waals surface area (Å²) in [5, 5.41) is 0.710. The minimum absolute atomic E-state index is 0.0295. The molecule has 318 valence electrons. The number of carbonyl (C=O) groups is 4. The number of benzene rings is 1. The van der Waals surface area contributed by atoms with Crippen molar-refractivity contribution in [1.82, 2.24) is 14.6 Å². The highest BCUT2D eigenvalue weighted by Gasteiger charge is 2.63. The molecule has 0 spiro atoms. The molecule has 13 nitrogen and oxygen atoms in total. The van der Waals surface area contributed by atoms with E-state index in [4.69, 9.17) is 18.9 Å². The van der Waals surface area contributed by atoms with Crippen molar-refractivity contribution in [3.05, 3.63) is 42.4 Å². The highest BCUT2D eigenvalue weighted by atomic mass is 32.2. The fourth-order valence-electron chi connectivity index (χ4n) is 7.89. The van der Waals surface area contributed by atoms with Gasteiger partial charge in [-0.1, -0.05) is 12.2 Å². The summed E-state index contributed by atoms with van der Waals surface area (Å²) in [4.78, 5) is 61.9. The van der Waals surface area contributed by atoms with Gasteiger partial charge in [0.2, 0.25) is 27.7 Å². The zero-order valence-electron chi connectivity index (χ0n) is 33.0. The molecular weight excluding hydrogens is 791 g/mol. The van der Waals surface area contributed by atoms with Crippen LogP contribution in [0.5, 0.6) is 11.6 Å². The van der Waals surface area contributed by atoms with Crippen LogP contribution in [-0.2, 0) is 38.7 Å². The minimum Gasteiger partial charge on any atom is -0.496 e. The second kappa shape index (κ2) is 16.4. The number of ether oxygens (including phenoxy) is 4. The van der Waals surface area contributed by atoms with E-state index in [0.717, 1.165) is 13.8 Å². The summed E-state index contributed by atoms with van der Waals surface area (Å²) in [6.07, 6.45) is -0.795. The number of fused-ring (bicyclic) bond motifs is 3. The van der Waals surface area contributed by atoms with Crippen molar-refractivity contribution in [3.63, 3.8) is 0 Å². The van der Waals surface area contributed by atoms with Gasteiger partial charge >= 0.3 is 5.97 Å². The van der Waals surface area contributed by atoms with Crippen molar-refractivity contribution >= 4 is 44.4 Å². The highest BCUT2D eigenvalue weighted by Crippen LogP contribution is 2.58. The SMILES string of the molecule is COc1cc(F)cc2c(O[C@@H]3C[C@H]4C(=O)C[C@]5(C(=O)NS(=O)(=O)C6(CF)CC6)C[C@H]5/C=C\CC[C@@H](C)O[C@@H](C)[C@H](CC(=O)OC(C)(C)C(F)F)C(=O)N4C3)nccc12. The van der Waals surface area contributed by atoms with Gasteiger partial charge in [-0.25, -0.2) is 31.0 Å².